The Balaban J connectivity index is 2.44. The van der Waals surface area contributed by atoms with Gasteiger partial charge in [-0.1, -0.05) is 13.0 Å². The molecule has 0 spiro atoms. The van der Waals surface area contributed by atoms with Gasteiger partial charge in [-0.05, 0) is 18.2 Å². The average Bonchev–Trinajstić information content (AvgIpc) is 2.33. The summed E-state index contributed by atoms with van der Waals surface area (Å²) in [6.07, 6.45) is 1.06. The Labute approximate surface area is 95.5 Å². The SMILES string of the molecule is CCc1ccc2cccc3c2[n+]1C(C)CO3. The molecule has 1 aliphatic heterocycles. The highest BCUT2D eigenvalue weighted by Crippen LogP contribution is 2.27. The maximum absolute atomic E-state index is 5.79. The summed E-state index contributed by atoms with van der Waals surface area (Å²) in [7, 11) is 0. The van der Waals surface area contributed by atoms with Gasteiger partial charge in [0.05, 0.1) is 5.39 Å². The lowest BCUT2D eigenvalue weighted by Crippen LogP contribution is -2.47. The van der Waals surface area contributed by atoms with Gasteiger partial charge in [-0.25, -0.2) is 0 Å². The Morgan fingerprint density at radius 3 is 3.00 bits per heavy atom. The Morgan fingerprint density at radius 1 is 1.31 bits per heavy atom. The molecular weight excluding hydrogens is 198 g/mol. The van der Waals surface area contributed by atoms with Crippen LogP contribution in [-0.2, 0) is 6.42 Å². The third-order valence-electron chi connectivity index (χ3n) is 3.32. The van der Waals surface area contributed by atoms with E-state index >= 15 is 0 Å². The van der Waals surface area contributed by atoms with Gasteiger partial charge in [0.2, 0.25) is 0 Å². The number of para-hydroxylation sites is 1. The molecule has 0 fully saturated rings. The number of aromatic nitrogens is 1. The van der Waals surface area contributed by atoms with Crippen LogP contribution in [0.25, 0.3) is 10.9 Å². The third kappa shape index (κ3) is 1.22. The summed E-state index contributed by atoms with van der Waals surface area (Å²) in [6, 6.07) is 11.1. The van der Waals surface area contributed by atoms with Crippen LogP contribution in [0.1, 0.15) is 25.6 Å². The van der Waals surface area contributed by atoms with Gasteiger partial charge >= 0.3 is 0 Å². The largest absolute Gasteiger partial charge is 0.480 e. The molecule has 1 aromatic carbocycles. The standard InChI is InChI=1S/C14H16NO/c1-3-12-8-7-11-5-4-6-13-14(11)15(12)10(2)9-16-13/h4-8,10H,3,9H2,1-2H3/q+1. The molecule has 2 heteroatoms. The minimum Gasteiger partial charge on any atom is -0.480 e. The highest BCUT2D eigenvalue weighted by atomic mass is 16.5. The Bertz CT molecular complexity index is 548. The lowest BCUT2D eigenvalue weighted by molar-refractivity contribution is -0.707. The topological polar surface area (TPSA) is 13.1 Å². The fraction of sp³-hybridized carbons (Fsp3) is 0.357. The molecule has 0 saturated heterocycles. The number of rotatable bonds is 1. The van der Waals surface area contributed by atoms with E-state index in [9.17, 15) is 0 Å². The minimum absolute atomic E-state index is 0.425. The molecule has 0 saturated carbocycles. The number of aryl methyl sites for hydroxylation is 1. The van der Waals surface area contributed by atoms with E-state index in [4.69, 9.17) is 4.74 Å². The normalized spacial score (nSPS) is 18.5. The molecule has 2 heterocycles. The Hall–Kier alpha value is -1.57. The second-order valence-corrected chi connectivity index (χ2v) is 4.40. The predicted molar refractivity (Wildman–Crippen MR) is 63.7 cm³/mol. The second kappa shape index (κ2) is 3.48. The summed E-state index contributed by atoms with van der Waals surface area (Å²) in [5, 5.41) is 1.27. The van der Waals surface area contributed by atoms with Gasteiger partial charge in [-0.2, -0.15) is 4.57 Å². The van der Waals surface area contributed by atoms with Crippen LogP contribution in [0, 0.1) is 0 Å². The van der Waals surface area contributed by atoms with Gasteiger partial charge in [-0.3, -0.25) is 0 Å². The first kappa shape index (κ1) is 9.64. The molecule has 1 aliphatic rings. The van der Waals surface area contributed by atoms with Gasteiger partial charge in [-0.15, -0.1) is 0 Å². The summed E-state index contributed by atoms with van der Waals surface area (Å²) in [4.78, 5) is 0. The van der Waals surface area contributed by atoms with Crippen LogP contribution in [0.15, 0.2) is 30.3 Å². The number of benzene rings is 1. The predicted octanol–water partition coefficient (Wildman–Crippen LogP) is 2.64. The fourth-order valence-electron chi connectivity index (χ4n) is 2.53. The number of nitrogens with zero attached hydrogens (tertiary/aromatic N) is 1. The van der Waals surface area contributed by atoms with Crippen molar-refractivity contribution >= 4 is 10.9 Å². The first-order chi connectivity index (χ1) is 7.81. The smallest absolute Gasteiger partial charge is 0.255 e. The lowest BCUT2D eigenvalue weighted by atomic mass is 10.1. The number of hydrogen-bond donors (Lipinski definition) is 0. The molecule has 16 heavy (non-hydrogen) atoms. The molecular formula is C14H16NO+. The van der Waals surface area contributed by atoms with Crippen molar-refractivity contribution in [2.24, 2.45) is 0 Å². The van der Waals surface area contributed by atoms with Gasteiger partial charge in [0, 0.05) is 19.4 Å². The van der Waals surface area contributed by atoms with Crippen LogP contribution in [0.2, 0.25) is 0 Å². The Morgan fingerprint density at radius 2 is 2.19 bits per heavy atom. The van der Waals surface area contributed by atoms with Crippen molar-refractivity contribution in [3.8, 4) is 5.75 Å². The summed E-state index contributed by atoms with van der Waals surface area (Å²) in [5.74, 6) is 1.02. The first-order valence-corrected chi connectivity index (χ1v) is 5.90. The molecule has 0 aliphatic carbocycles. The van der Waals surface area contributed by atoms with Gasteiger partial charge in [0.1, 0.15) is 6.61 Å². The van der Waals surface area contributed by atoms with Gasteiger partial charge < -0.3 is 4.74 Å². The monoisotopic (exact) mass is 214 g/mol. The van der Waals surface area contributed by atoms with E-state index in [0.29, 0.717) is 6.04 Å². The zero-order valence-electron chi connectivity index (χ0n) is 9.73. The fourth-order valence-corrected chi connectivity index (χ4v) is 2.53. The highest BCUT2D eigenvalue weighted by Gasteiger charge is 2.28. The summed E-state index contributed by atoms with van der Waals surface area (Å²) < 4.78 is 8.21. The van der Waals surface area contributed by atoms with E-state index in [-0.39, 0.29) is 0 Å². The summed E-state index contributed by atoms with van der Waals surface area (Å²) in [6.45, 7) is 5.19. The van der Waals surface area contributed by atoms with Crippen molar-refractivity contribution < 1.29 is 9.30 Å². The quantitative estimate of drug-likeness (QED) is 0.665. The van der Waals surface area contributed by atoms with Crippen molar-refractivity contribution in [3.63, 3.8) is 0 Å². The van der Waals surface area contributed by atoms with Crippen molar-refractivity contribution in [2.75, 3.05) is 6.61 Å². The van der Waals surface area contributed by atoms with E-state index in [1.807, 2.05) is 0 Å². The average molecular weight is 214 g/mol. The van der Waals surface area contributed by atoms with E-state index < -0.39 is 0 Å². The molecule has 0 radical (unpaired) electrons. The zero-order chi connectivity index (χ0) is 11.1. The molecule has 2 nitrogen and oxygen atoms in total. The zero-order valence-corrected chi connectivity index (χ0v) is 9.73. The van der Waals surface area contributed by atoms with Crippen molar-refractivity contribution in [1.82, 2.24) is 0 Å². The molecule has 1 aromatic heterocycles. The van der Waals surface area contributed by atoms with Gasteiger partial charge in [0.25, 0.3) is 5.52 Å². The van der Waals surface area contributed by atoms with Crippen LogP contribution >= 0.6 is 0 Å². The van der Waals surface area contributed by atoms with E-state index in [1.165, 1.54) is 16.6 Å². The summed E-state index contributed by atoms with van der Waals surface area (Å²) in [5.41, 5.74) is 2.64. The molecule has 1 unspecified atom stereocenters. The molecule has 82 valence electrons. The van der Waals surface area contributed by atoms with Crippen LogP contribution < -0.4 is 9.30 Å². The third-order valence-corrected chi connectivity index (χ3v) is 3.32. The lowest BCUT2D eigenvalue weighted by Gasteiger charge is -2.20. The van der Waals surface area contributed by atoms with Crippen LogP contribution in [0.4, 0.5) is 0 Å². The molecule has 2 aromatic rings. The maximum Gasteiger partial charge on any atom is 0.255 e. The molecule has 3 rings (SSSR count). The first-order valence-electron chi connectivity index (χ1n) is 5.90. The van der Waals surface area contributed by atoms with E-state index in [1.54, 1.807) is 0 Å². The number of pyridine rings is 1. The molecule has 0 bridgehead atoms. The number of ether oxygens (including phenoxy) is 1. The van der Waals surface area contributed by atoms with Crippen molar-refractivity contribution in [3.05, 3.63) is 36.0 Å². The summed E-state index contributed by atoms with van der Waals surface area (Å²) >= 11 is 0. The molecule has 1 atom stereocenters. The van der Waals surface area contributed by atoms with Gasteiger partial charge in [0.15, 0.2) is 17.5 Å². The molecule has 0 amide bonds. The maximum atomic E-state index is 5.79. The van der Waals surface area contributed by atoms with E-state index in [0.717, 1.165) is 18.8 Å². The van der Waals surface area contributed by atoms with Crippen LogP contribution in [0.5, 0.6) is 5.75 Å². The second-order valence-electron chi connectivity index (χ2n) is 4.40. The number of hydrogen-bond acceptors (Lipinski definition) is 1. The molecule has 0 N–H and O–H groups in total. The van der Waals surface area contributed by atoms with E-state index in [2.05, 4.69) is 48.7 Å². The van der Waals surface area contributed by atoms with Crippen LogP contribution in [0.3, 0.4) is 0 Å². The Kier molecular flexibility index (Phi) is 2.10. The van der Waals surface area contributed by atoms with Crippen molar-refractivity contribution in [2.45, 2.75) is 26.3 Å². The highest BCUT2D eigenvalue weighted by molar-refractivity contribution is 5.81. The van der Waals surface area contributed by atoms with Crippen molar-refractivity contribution in [1.29, 1.82) is 0 Å². The van der Waals surface area contributed by atoms with Crippen LogP contribution in [-0.4, -0.2) is 6.61 Å². The minimum atomic E-state index is 0.425.